The predicted octanol–water partition coefficient (Wildman–Crippen LogP) is 5.68. The zero-order valence-electron chi connectivity index (χ0n) is 21.6. The lowest BCUT2D eigenvalue weighted by atomic mass is 9.97. The molecule has 190 valence electrons. The average molecular weight is 506 g/mol. The van der Waals surface area contributed by atoms with Crippen molar-refractivity contribution in [3.63, 3.8) is 0 Å². The van der Waals surface area contributed by atoms with E-state index in [1.807, 2.05) is 80.7 Å². The second-order valence-corrected chi connectivity index (χ2v) is 10.8. The maximum atomic E-state index is 13.7. The van der Waals surface area contributed by atoms with Crippen LogP contribution in [0.1, 0.15) is 73.8 Å². The van der Waals surface area contributed by atoms with E-state index in [0.717, 1.165) is 12.0 Å². The lowest BCUT2D eigenvalue weighted by molar-refractivity contribution is -0.127. The normalized spacial score (nSPS) is 12.9. The lowest BCUT2D eigenvalue weighted by Gasteiger charge is -2.34. The zero-order chi connectivity index (χ0) is 26.3. The molecule has 0 spiro atoms. The standard InChI is InChI=1S/C29H35N3O3S/c1-6-20(2)21-14-16-23(17-15-21)32(25(33)19-30-27(34)24-13-10-18-36-24)26(22-11-8-7-9-12-22)28(35)31-29(3,4)5/h7-18,20,26H,6,19H2,1-5H3,(H,30,34)(H,31,35)/t20-,26+/m0/s1. The molecule has 0 saturated heterocycles. The van der Waals surface area contributed by atoms with E-state index in [-0.39, 0.29) is 24.3 Å². The minimum absolute atomic E-state index is 0.240. The van der Waals surface area contributed by atoms with E-state index in [0.29, 0.717) is 22.0 Å². The molecule has 0 aliphatic carbocycles. The highest BCUT2D eigenvalue weighted by atomic mass is 32.1. The number of carbonyl (C=O) groups excluding carboxylic acids is 3. The van der Waals surface area contributed by atoms with Crippen molar-refractivity contribution in [2.75, 3.05) is 11.4 Å². The Bertz CT molecular complexity index is 1150. The van der Waals surface area contributed by atoms with Crippen molar-refractivity contribution in [1.29, 1.82) is 0 Å². The zero-order valence-corrected chi connectivity index (χ0v) is 22.4. The van der Waals surface area contributed by atoms with Gasteiger partial charge >= 0.3 is 0 Å². The maximum absolute atomic E-state index is 13.7. The van der Waals surface area contributed by atoms with E-state index in [2.05, 4.69) is 24.5 Å². The topological polar surface area (TPSA) is 78.5 Å². The van der Waals surface area contributed by atoms with Gasteiger partial charge in [-0.05, 0) is 67.8 Å². The molecule has 1 heterocycles. The summed E-state index contributed by atoms with van der Waals surface area (Å²) in [5.74, 6) is -0.616. The van der Waals surface area contributed by atoms with Crippen molar-refractivity contribution in [2.45, 2.75) is 58.5 Å². The SMILES string of the molecule is CC[C@H](C)c1ccc(N(C(=O)CNC(=O)c2cccs2)[C@@H](C(=O)NC(C)(C)C)c2ccccc2)cc1. The third-order valence-corrected chi connectivity index (χ3v) is 6.76. The third kappa shape index (κ3) is 7.04. The molecular weight excluding hydrogens is 470 g/mol. The van der Waals surface area contributed by atoms with E-state index >= 15 is 0 Å². The summed E-state index contributed by atoms with van der Waals surface area (Å²) in [7, 11) is 0. The molecule has 0 unspecified atom stereocenters. The van der Waals surface area contributed by atoms with Gasteiger partial charge in [-0.3, -0.25) is 19.3 Å². The summed E-state index contributed by atoms with van der Waals surface area (Å²) in [6, 6.07) is 19.6. The Hall–Kier alpha value is -3.45. The maximum Gasteiger partial charge on any atom is 0.261 e. The van der Waals surface area contributed by atoms with Gasteiger partial charge < -0.3 is 10.6 Å². The van der Waals surface area contributed by atoms with Gasteiger partial charge in [-0.2, -0.15) is 0 Å². The second-order valence-electron chi connectivity index (χ2n) is 9.88. The number of nitrogens with one attached hydrogen (secondary N) is 2. The first-order valence-corrected chi connectivity index (χ1v) is 13.1. The van der Waals surface area contributed by atoms with Gasteiger partial charge in [-0.25, -0.2) is 0 Å². The Morgan fingerprint density at radius 2 is 1.58 bits per heavy atom. The Labute approximate surface area is 217 Å². The van der Waals surface area contributed by atoms with E-state index < -0.39 is 11.6 Å². The molecule has 1 aromatic heterocycles. The largest absolute Gasteiger partial charge is 0.349 e. The van der Waals surface area contributed by atoms with Crippen LogP contribution in [0.15, 0.2) is 72.1 Å². The van der Waals surface area contributed by atoms with E-state index in [4.69, 9.17) is 0 Å². The Morgan fingerprint density at radius 3 is 2.14 bits per heavy atom. The quantitative estimate of drug-likeness (QED) is 0.393. The number of nitrogens with zero attached hydrogens (tertiary/aromatic N) is 1. The van der Waals surface area contributed by atoms with Crippen LogP contribution in [0, 0.1) is 0 Å². The van der Waals surface area contributed by atoms with Gasteiger partial charge in [0.15, 0.2) is 0 Å². The number of amides is 3. The average Bonchev–Trinajstić information content (AvgIpc) is 3.40. The summed E-state index contributed by atoms with van der Waals surface area (Å²) in [5.41, 5.74) is 1.95. The summed E-state index contributed by atoms with van der Waals surface area (Å²) in [5, 5.41) is 7.56. The highest BCUT2D eigenvalue weighted by Gasteiger charge is 2.34. The molecule has 3 aromatic rings. The second kappa shape index (κ2) is 12.0. The molecule has 2 atom stereocenters. The number of thiophene rings is 1. The highest BCUT2D eigenvalue weighted by molar-refractivity contribution is 7.12. The van der Waals surface area contributed by atoms with Gasteiger partial charge in [0.2, 0.25) is 11.8 Å². The third-order valence-electron chi connectivity index (χ3n) is 5.89. The molecule has 0 radical (unpaired) electrons. The highest BCUT2D eigenvalue weighted by Crippen LogP contribution is 2.30. The van der Waals surface area contributed by atoms with Crippen LogP contribution in [0.3, 0.4) is 0 Å². The fraction of sp³-hybridized carbons (Fsp3) is 0.345. The molecule has 0 aliphatic heterocycles. The molecule has 2 N–H and O–H groups in total. The van der Waals surface area contributed by atoms with E-state index in [1.54, 1.807) is 12.1 Å². The van der Waals surface area contributed by atoms with Crippen molar-refractivity contribution in [3.05, 3.63) is 88.1 Å². The number of hydrogen-bond donors (Lipinski definition) is 2. The van der Waals surface area contributed by atoms with Gasteiger partial charge in [-0.1, -0.05) is 62.4 Å². The van der Waals surface area contributed by atoms with Crippen LogP contribution in [0.4, 0.5) is 5.69 Å². The summed E-state index contributed by atoms with van der Waals surface area (Å²) in [6.45, 7) is 9.76. The smallest absolute Gasteiger partial charge is 0.261 e. The van der Waals surface area contributed by atoms with Crippen molar-refractivity contribution in [2.24, 2.45) is 0 Å². The van der Waals surface area contributed by atoms with Crippen LogP contribution in [-0.4, -0.2) is 29.8 Å². The summed E-state index contributed by atoms with van der Waals surface area (Å²) in [6.07, 6.45) is 0.997. The van der Waals surface area contributed by atoms with Crippen molar-refractivity contribution >= 4 is 34.7 Å². The van der Waals surface area contributed by atoms with Crippen LogP contribution < -0.4 is 15.5 Å². The number of hydrogen-bond acceptors (Lipinski definition) is 4. The van der Waals surface area contributed by atoms with Crippen LogP contribution in [0.5, 0.6) is 0 Å². The molecule has 3 rings (SSSR count). The molecule has 0 fully saturated rings. The van der Waals surface area contributed by atoms with E-state index in [9.17, 15) is 14.4 Å². The lowest BCUT2D eigenvalue weighted by Crippen LogP contribution is -2.51. The fourth-order valence-electron chi connectivity index (χ4n) is 3.86. The first-order chi connectivity index (χ1) is 17.1. The van der Waals surface area contributed by atoms with Gasteiger partial charge in [0.1, 0.15) is 6.04 Å². The van der Waals surface area contributed by atoms with Gasteiger partial charge in [0, 0.05) is 11.2 Å². The molecule has 0 saturated carbocycles. The van der Waals surface area contributed by atoms with Crippen LogP contribution >= 0.6 is 11.3 Å². The molecule has 0 bridgehead atoms. The minimum atomic E-state index is -0.911. The number of anilines is 1. The minimum Gasteiger partial charge on any atom is -0.349 e. The molecule has 3 amide bonds. The van der Waals surface area contributed by atoms with Gasteiger partial charge in [-0.15, -0.1) is 11.3 Å². The predicted molar refractivity (Wildman–Crippen MR) is 146 cm³/mol. The van der Waals surface area contributed by atoms with Gasteiger partial charge in [0.25, 0.3) is 5.91 Å². The first kappa shape index (κ1) is 27.1. The monoisotopic (exact) mass is 505 g/mol. The number of rotatable bonds is 9. The van der Waals surface area contributed by atoms with E-state index in [1.165, 1.54) is 16.2 Å². The van der Waals surface area contributed by atoms with Crippen molar-refractivity contribution < 1.29 is 14.4 Å². The molecule has 36 heavy (non-hydrogen) atoms. The summed E-state index contributed by atoms with van der Waals surface area (Å²) >= 11 is 1.31. The Kier molecular flexibility index (Phi) is 9.04. The summed E-state index contributed by atoms with van der Waals surface area (Å²) < 4.78 is 0. The molecule has 0 aliphatic rings. The first-order valence-electron chi connectivity index (χ1n) is 12.2. The number of benzene rings is 2. The van der Waals surface area contributed by atoms with Crippen LogP contribution in [0.25, 0.3) is 0 Å². The van der Waals surface area contributed by atoms with Crippen molar-refractivity contribution in [3.8, 4) is 0 Å². The fourth-order valence-corrected chi connectivity index (χ4v) is 4.50. The molecular formula is C29H35N3O3S. The van der Waals surface area contributed by atoms with Gasteiger partial charge in [0.05, 0.1) is 11.4 Å². The molecule has 6 nitrogen and oxygen atoms in total. The van der Waals surface area contributed by atoms with Crippen LogP contribution in [0.2, 0.25) is 0 Å². The van der Waals surface area contributed by atoms with Crippen molar-refractivity contribution in [1.82, 2.24) is 10.6 Å². The molecule has 2 aromatic carbocycles. The Morgan fingerprint density at radius 1 is 0.917 bits per heavy atom. The Balaban J connectivity index is 2.01. The molecule has 7 heteroatoms. The summed E-state index contributed by atoms with van der Waals surface area (Å²) in [4.78, 5) is 41.9. The van der Waals surface area contributed by atoms with Crippen LogP contribution in [-0.2, 0) is 9.59 Å². The number of carbonyl (C=O) groups is 3.